The van der Waals surface area contributed by atoms with Gasteiger partial charge in [-0.15, -0.1) is 5.06 Å². The third-order valence-corrected chi connectivity index (χ3v) is 2.60. The number of amides is 3. The zero-order valence-electron chi connectivity index (χ0n) is 12.9. The van der Waals surface area contributed by atoms with Crippen LogP contribution < -0.4 is 5.32 Å². The van der Waals surface area contributed by atoms with Crippen molar-refractivity contribution in [1.82, 2.24) is 10.4 Å². The lowest BCUT2D eigenvalue weighted by atomic mass is 10.2. The molecule has 0 radical (unpaired) electrons. The van der Waals surface area contributed by atoms with E-state index in [1.54, 1.807) is 24.3 Å². The van der Waals surface area contributed by atoms with E-state index in [2.05, 4.69) is 10.2 Å². The molecular weight excluding hydrogens is 304 g/mol. The fourth-order valence-electron chi connectivity index (χ4n) is 1.49. The van der Waals surface area contributed by atoms with E-state index in [4.69, 9.17) is 4.74 Å². The van der Waals surface area contributed by atoms with Crippen molar-refractivity contribution < 1.29 is 28.8 Å². The lowest BCUT2D eigenvalue weighted by Gasteiger charge is -2.16. The topological polar surface area (TPSA) is 102 Å². The molecule has 0 aliphatic carbocycles. The van der Waals surface area contributed by atoms with Gasteiger partial charge in [-0.05, 0) is 5.56 Å². The summed E-state index contributed by atoms with van der Waals surface area (Å²) in [6, 6.07) is 8.99. The first-order valence-electron chi connectivity index (χ1n) is 6.93. The highest BCUT2D eigenvalue weighted by atomic mass is 16.7. The predicted octanol–water partition coefficient (Wildman–Crippen LogP) is 1.16. The fourth-order valence-corrected chi connectivity index (χ4v) is 1.49. The number of rotatable bonds is 5. The SMILES string of the molecule is CCC(=O)N(OC(=O)CNC(=O)OCc1ccccc1)C(C)=O. The van der Waals surface area contributed by atoms with Crippen LogP contribution >= 0.6 is 0 Å². The Labute approximate surface area is 133 Å². The van der Waals surface area contributed by atoms with Gasteiger partial charge < -0.3 is 14.9 Å². The van der Waals surface area contributed by atoms with Gasteiger partial charge in [0.05, 0.1) is 0 Å². The predicted molar refractivity (Wildman–Crippen MR) is 78.5 cm³/mol. The Balaban J connectivity index is 2.35. The zero-order valence-corrected chi connectivity index (χ0v) is 12.9. The number of nitrogens with one attached hydrogen (secondary N) is 1. The number of benzene rings is 1. The molecule has 1 aromatic rings. The summed E-state index contributed by atoms with van der Waals surface area (Å²) in [4.78, 5) is 50.2. The molecule has 23 heavy (non-hydrogen) atoms. The summed E-state index contributed by atoms with van der Waals surface area (Å²) in [7, 11) is 0. The summed E-state index contributed by atoms with van der Waals surface area (Å²) >= 11 is 0. The summed E-state index contributed by atoms with van der Waals surface area (Å²) in [6.07, 6.45) is -0.818. The molecule has 1 rings (SSSR count). The van der Waals surface area contributed by atoms with E-state index in [0.717, 1.165) is 12.5 Å². The number of hydrogen-bond donors (Lipinski definition) is 1. The maximum Gasteiger partial charge on any atom is 0.407 e. The van der Waals surface area contributed by atoms with Gasteiger partial charge in [0.1, 0.15) is 13.2 Å². The number of alkyl carbamates (subject to hydrolysis) is 1. The van der Waals surface area contributed by atoms with E-state index in [-0.39, 0.29) is 13.0 Å². The van der Waals surface area contributed by atoms with Gasteiger partial charge >= 0.3 is 12.1 Å². The van der Waals surface area contributed by atoms with Gasteiger partial charge in [-0.25, -0.2) is 9.59 Å². The molecule has 124 valence electrons. The van der Waals surface area contributed by atoms with Crippen LogP contribution in [-0.4, -0.2) is 35.5 Å². The first-order valence-corrected chi connectivity index (χ1v) is 6.93. The molecule has 0 saturated carbocycles. The molecule has 1 N–H and O–H groups in total. The van der Waals surface area contributed by atoms with Crippen LogP contribution in [0.2, 0.25) is 0 Å². The highest BCUT2D eigenvalue weighted by Gasteiger charge is 2.21. The van der Waals surface area contributed by atoms with E-state index < -0.39 is 30.4 Å². The molecule has 3 amide bonds. The van der Waals surface area contributed by atoms with E-state index in [1.807, 2.05) is 6.07 Å². The van der Waals surface area contributed by atoms with Crippen molar-refractivity contribution in [3.8, 4) is 0 Å². The molecule has 0 heterocycles. The largest absolute Gasteiger partial charge is 0.445 e. The van der Waals surface area contributed by atoms with Crippen LogP contribution in [0.4, 0.5) is 4.79 Å². The fraction of sp³-hybridized carbons (Fsp3) is 0.333. The smallest absolute Gasteiger partial charge is 0.407 e. The Bertz CT molecular complexity index is 573. The highest BCUT2D eigenvalue weighted by Crippen LogP contribution is 2.01. The van der Waals surface area contributed by atoms with Gasteiger partial charge in [0.25, 0.3) is 11.8 Å². The molecule has 1 aromatic carbocycles. The third kappa shape index (κ3) is 6.60. The number of carbonyl (C=O) groups is 4. The Morgan fingerprint density at radius 2 is 1.78 bits per heavy atom. The van der Waals surface area contributed by atoms with Gasteiger partial charge in [0, 0.05) is 13.3 Å². The minimum absolute atomic E-state index is 0.000589. The van der Waals surface area contributed by atoms with Crippen molar-refractivity contribution in [2.24, 2.45) is 0 Å². The summed E-state index contributed by atoms with van der Waals surface area (Å²) in [5.74, 6) is -2.34. The zero-order chi connectivity index (χ0) is 17.2. The van der Waals surface area contributed by atoms with Gasteiger partial charge in [0.2, 0.25) is 0 Å². The van der Waals surface area contributed by atoms with Crippen molar-refractivity contribution in [3.05, 3.63) is 35.9 Å². The normalized spacial score (nSPS) is 9.65. The number of imide groups is 1. The van der Waals surface area contributed by atoms with Crippen molar-refractivity contribution in [3.63, 3.8) is 0 Å². The second-order valence-electron chi connectivity index (χ2n) is 4.44. The van der Waals surface area contributed by atoms with E-state index >= 15 is 0 Å². The average Bonchev–Trinajstić information content (AvgIpc) is 2.55. The van der Waals surface area contributed by atoms with Gasteiger partial charge in [-0.1, -0.05) is 37.3 Å². The minimum Gasteiger partial charge on any atom is -0.445 e. The van der Waals surface area contributed by atoms with Crippen LogP contribution in [0.25, 0.3) is 0 Å². The van der Waals surface area contributed by atoms with Crippen molar-refractivity contribution >= 4 is 23.9 Å². The average molecular weight is 322 g/mol. The quantitative estimate of drug-likeness (QED) is 0.816. The molecule has 0 atom stereocenters. The third-order valence-electron chi connectivity index (χ3n) is 2.60. The number of carbonyl (C=O) groups excluding carboxylic acids is 4. The van der Waals surface area contributed by atoms with Crippen LogP contribution in [-0.2, 0) is 30.6 Å². The maximum atomic E-state index is 11.5. The molecule has 0 saturated heterocycles. The first-order chi connectivity index (χ1) is 10.9. The van der Waals surface area contributed by atoms with Crippen LogP contribution in [0.3, 0.4) is 0 Å². The number of hydroxylamine groups is 2. The molecule has 0 fully saturated rings. The van der Waals surface area contributed by atoms with Crippen molar-refractivity contribution in [2.45, 2.75) is 26.9 Å². The first kappa shape index (κ1) is 18.1. The monoisotopic (exact) mass is 322 g/mol. The Kier molecular flexibility index (Phi) is 7.25. The van der Waals surface area contributed by atoms with Crippen LogP contribution in [0.15, 0.2) is 30.3 Å². The Hall–Kier alpha value is -2.90. The summed E-state index contributed by atoms with van der Waals surface area (Å²) in [5, 5.41) is 2.53. The van der Waals surface area contributed by atoms with Crippen molar-refractivity contribution in [1.29, 1.82) is 0 Å². The molecular formula is C15H18N2O6. The maximum absolute atomic E-state index is 11.5. The summed E-state index contributed by atoms with van der Waals surface area (Å²) < 4.78 is 4.89. The lowest BCUT2D eigenvalue weighted by molar-refractivity contribution is -0.200. The number of nitrogens with zero attached hydrogens (tertiary/aromatic N) is 1. The van der Waals surface area contributed by atoms with E-state index in [0.29, 0.717) is 5.06 Å². The standard InChI is InChI=1S/C15H18N2O6/c1-3-13(19)17(11(2)18)23-14(20)9-16-15(21)22-10-12-7-5-4-6-8-12/h4-8H,3,9-10H2,1-2H3,(H,16,21). The molecule has 0 spiro atoms. The molecule has 0 aliphatic rings. The van der Waals surface area contributed by atoms with Gasteiger partial charge in [0.15, 0.2) is 0 Å². The van der Waals surface area contributed by atoms with E-state index in [9.17, 15) is 19.2 Å². The molecule has 8 heteroatoms. The van der Waals surface area contributed by atoms with Gasteiger partial charge in [-0.3, -0.25) is 9.59 Å². The lowest BCUT2D eigenvalue weighted by Crippen LogP contribution is -2.40. The van der Waals surface area contributed by atoms with Crippen LogP contribution in [0, 0.1) is 0 Å². The molecule has 0 aliphatic heterocycles. The molecule has 0 aromatic heterocycles. The molecule has 8 nitrogen and oxygen atoms in total. The van der Waals surface area contributed by atoms with Crippen LogP contribution in [0.1, 0.15) is 25.8 Å². The summed E-state index contributed by atoms with van der Waals surface area (Å²) in [5.41, 5.74) is 0.793. The number of ether oxygens (including phenoxy) is 1. The van der Waals surface area contributed by atoms with Crippen LogP contribution in [0.5, 0.6) is 0 Å². The minimum atomic E-state index is -0.960. The number of hydrogen-bond acceptors (Lipinski definition) is 6. The Morgan fingerprint density at radius 1 is 1.13 bits per heavy atom. The van der Waals surface area contributed by atoms with E-state index in [1.165, 1.54) is 6.92 Å². The summed E-state index contributed by atoms with van der Waals surface area (Å²) in [6.45, 7) is 2.12. The molecule has 0 bridgehead atoms. The highest BCUT2D eigenvalue weighted by molar-refractivity contribution is 5.94. The second-order valence-corrected chi connectivity index (χ2v) is 4.44. The van der Waals surface area contributed by atoms with Gasteiger partial charge in [-0.2, -0.15) is 0 Å². The Morgan fingerprint density at radius 3 is 2.35 bits per heavy atom. The second kappa shape index (κ2) is 9.19. The van der Waals surface area contributed by atoms with Crippen molar-refractivity contribution in [2.75, 3.05) is 6.54 Å². The molecule has 0 unspecified atom stereocenters.